The molecule has 2 heterocycles. The van der Waals surface area contributed by atoms with Crippen LogP contribution >= 0.6 is 11.3 Å². The molecule has 0 aliphatic carbocycles. The summed E-state index contributed by atoms with van der Waals surface area (Å²) in [5.41, 5.74) is 7.45. The number of allylic oxidation sites excluding steroid dienone is 1. The minimum Gasteiger partial charge on any atom is -0.402 e. The van der Waals surface area contributed by atoms with Gasteiger partial charge in [-0.2, -0.15) is 0 Å². The lowest BCUT2D eigenvalue weighted by Gasteiger charge is -2.31. The van der Waals surface area contributed by atoms with Crippen LogP contribution in [0.5, 0.6) is 0 Å². The van der Waals surface area contributed by atoms with E-state index in [0.717, 1.165) is 47.2 Å². The number of benzene rings is 1. The molecule has 0 amide bonds. The first kappa shape index (κ1) is 14.1. The topological polar surface area (TPSA) is 42.1 Å². The van der Waals surface area contributed by atoms with Crippen LogP contribution in [0.3, 0.4) is 0 Å². The molecule has 0 bridgehead atoms. The molecule has 0 saturated carbocycles. The molecule has 1 aromatic carbocycles. The minimum absolute atomic E-state index is 0.218. The second-order valence-corrected chi connectivity index (χ2v) is 6.36. The molecule has 1 fully saturated rings. The van der Waals surface area contributed by atoms with Crippen LogP contribution in [0.15, 0.2) is 42.7 Å². The van der Waals surface area contributed by atoms with E-state index in [9.17, 15) is 4.39 Å². The van der Waals surface area contributed by atoms with E-state index in [4.69, 9.17) is 5.73 Å². The molecule has 1 aliphatic heterocycles. The molecule has 0 spiro atoms. The molecule has 5 heteroatoms. The molecule has 1 saturated heterocycles. The van der Waals surface area contributed by atoms with Crippen molar-refractivity contribution in [2.24, 2.45) is 11.7 Å². The van der Waals surface area contributed by atoms with Crippen molar-refractivity contribution in [1.29, 1.82) is 0 Å². The monoisotopic (exact) mass is 303 g/mol. The molecule has 110 valence electrons. The fraction of sp³-hybridized carbons (Fsp3) is 0.312. The van der Waals surface area contributed by atoms with Crippen molar-refractivity contribution >= 4 is 16.5 Å². The summed E-state index contributed by atoms with van der Waals surface area (Å²) in [5.74, 6) is 0.202. The first-order valence-electron chi connectivity index (χ1n) is 7.04. The lowest BCUT2D eigenvalue weighted by molar-refractivity contribution is 0.456. The van der Waals surface area contributed by atoms with Gasteiger partial charge in [-0.05, 0) is 30.5 Å². The molecule has 21 heavy (non-hydrogen) atoms. The van der Waals surface area contributed by atoms with E-state index in [2.05, 4.69) is 16.5 Å². The average Bonchev–Trinajstić information content (AvgIpc) is 2.97. The number of aromatic nitrogens is 1. The van der Waals surface area contributed by atoms with Gasteiger partial charge in [0.15, 0.2) is 5.13 Å². The molecule has 0 atom stereocenters. The summed E-state index contributed by atoms with van der Waals surface area (Å²) in [6.45, 7) is 5.72. The fourth-order valence-corrected chi connectivity index (χ4v) is 3.59. The summed E-state index contributed by atoms with van der Waals surface area (Å²) in [6, 6.07) is 6.63. The highest BCUT2D eigenvalue weighted by molar-refractivity contribution is 7.18. The van der Waals surface area contributed by atoms with Crippen LogP contribution in [0.4, 0.5) is 9.52 Å². The Bertz CT molecular complexity index is 644. The lowest BCUT2D eigenvalue weighted by Crippen LogP contribution is -2.35. The van der Waals surface area contributed by atoms with E-state index in [1.54, 1.807) is 23.5 Å². The predicted octanol–water partition coefficient (Wildman–Crippen LogP) is 3.64. The maximum atomic E-state index is 13.3. The number of hydrogen-bond donors (Lipinski definition) is 1. The molecular formula is C16H18FN3S. The summed E-state index contributed by atoms with van der Waals surface area (Å²) >= 11 is 1.61. The number of anilines is 1. The Balaban J connectivity index is 1.73. The summed E-state index contributed by atoms with van der Waals surface area (Å²) in [7, 11) is 0. The molecule has 0 radical (unpaired) electrons. The van der Waals surface area contributed by atoms with E-state index < -0.39 is 0 Å². The van der Waals surface area contributed by atoms with Gasteiger partial charge in [0, 0.05) is 30.9 Å². The molecule has 3 rings (SSSR count). The average molecular weight is 303 g/mol. The molecule has 2 aromatic rings. The van der Waals surface area contributed by atoms with Crippen LogP contribution < -0.4 is 10.6 Å². The second kappa shape index (κ2) is 5.85. The SMILES string of the molecule is C=C(N)C1CCN(c2ncc(-c3cccc(F)c3)s2)CC1. The van der Waals surface area contributed by atoms with Crippen LogP contribution in [0.25, 0.3) is 10.4 Å². The van der Waals surface area contributed by atoms with Gasteiger partial charge in [0.1, 0.15) is 5.82 Å². The van der Waals surface area contributed by atoms with Crippen molar-refractivity contribution in [2.75, 3.05) is 18.0 Å². The van der Waals surface area contributed by atoms with Gasteiger partial charge in [0.05, 0.1) is 4.88 Å². The number of nitrogens with zero attached hydrogens (tertiary/aromatic N) is 2. The third kappa shape index (κ3) is 3.08. The van der Waals surface area contributed by atoms with Gasteiger partial charge in [0.25, 0.3) is 0 Å². The predicted molar refractivity (Wildman–Crippen MR) is 85.8 cm³/mol. The summed E-state index contributed by atoms with van der Waals surface area (Å²) in [4.78, 5) is 7.75. The number of thiazole rings is 1. The summed E-state index contributed by atoms with van der Waals surface area (Å²) in [5, 5.41) is 0.996. The normalized spacial score (nSPS) is 16.1. The zero-order valence-electron chi connectivity index (χ0n) is 11.8. The number of rotatable bonds is 3. The number of hydrogen-bond acceptors (Lipinski definition) is 4. The van der Waals surface area contributed by atoms with Crippen molar-refractivity contribution in [3.05, 3.63) is 48.6 Å². The third-order valence-corrected chi connectivity index (χ3v) is 5.00. The van der Waals surface area contributed by atoms with Gasteiger partial charge in [-0.15, -0.1) is 0 Å². The highest BCUT2D eigenvalue weighted by Crippen LogP contribution is 2.33. The van der Waals surface area contributed by atoms with Crippen molar-refractivity contribution in [3.63, 3.8) is 0 Å². The maximum absolute atomic E-state index is 13.3. The van der Waals surface area contributed by atoms with Crippen molar-refractivity contribution in [1.82, 2.24) is 4.98 Å². The maximum Gasteiger partial charge on any atom is 0.185 e. The van der Waals surface area contributed by atoms with Crippen LogP contribution in [-0.2, 0) is 0 Å². The van der Waals surface area contributed by atoms with E-state index in [0.29, 0.717) is 5.92 Å². The molecular weight excluding hydrogens is 285 g/mol. The molecule has 3 nitrogen and oxygen atoms in total. The van der Waals surface area contributed by atoms with Gasteiger partial charge in [-0.25, -0.2) is 9.37 Å². The van der Waals surface area contributed by atoms with E-state index in [1.807, 2.05) is 12.3 Å². The Hall–Kier alpha value is -1.88. The van der Waals surface area contributed by atoms with Gasteiger partial charge in [-0.1, -0.05) is 30.0 Å². The zero-order valence-corrected chi connectivity index (χ0v) is 12.6. The van der Waals surface area contributed by atoms with Gasteiger partial charge in [-0.3, -0.25) is 0 Å². The second-order valence-electron chi connectivity index (χ2n) is 5.35. The summed E-state index contributed by atoms with van der Waals surface area (Å²) in [6.07, 6.45) is 3.86. The van der Waals surface area contributed by atoms with Crippen LogP contribution in [-0.4, -0.2) is 18.1 Å². The number of nitrogens with two attached hydrogens (primary N) is 1. The lowest BCUT2D eigenvalue weighted by atomic mass is 9.95. The van der Waals surface area contributed by atoms with Gasteiger partial charge < -0.3 is 10.6 Å². The third-order valence-electron chi connectivity index (χ3n) is 3.89. The summed E-state index contributed by atoms with van der Waals surface area (Å²) < 4.78 is 13.3. The quantitative estimate of drug-likeness (QED) is 0.941. The minimum atomic E-state index is -0.218. The van der Waals surface area contributed by atoms with Crippen molar-refractivity contribution in [2.45, 2.75) is 12.8 Å². The smallest absolute Gasteiger partial charge is 0.185 e. The first-order valence-corrected chi connectivity index (χ1v) is 7.86. The Morgan fingerprint density at radius 2 is 2.14 bits per heavy atom. The van der Waals surface area contributed by atoms with Crippen molar-refractivity contribution in [3.8, 4) is 10.4 Å². The van der Waals surface area contributed by atoms with Crippen LogP contribution in [0, 0.1) is 11.7 Å². The number of halogens is 1. The van der Waals surface area contributed by atoms with E-state index in [1.165, 1.54) is 6.07 Å². The molecule has 1 aliphatic rings. The van der Waals surface area contributed by atoms with E-state index in [-0.39, 0.29) is 5.82 Å². The molecule has 2 N–H and O–H groups in total. The fourth-order valence-electron chi connectivity index (χ4n) is 2.63. The highest BCUT2D eigenvalue weighted by atomic mass is 32.1. The Morgan fingerprint density at radius 1 is 1.38 bits per heavy atom. The Morgan fingerprint density at radius 3 is 2.81 bits per heavy atom. The first-order chi connectivity index (χ1) is 10.1. The van der Waals surface area contributed by atoms with Crippen molar-refractivity contribution < 1.29 is 4.39 Å². The standard InChI is InChI=1S/C16H18FN3S/c1-11(18)12-5-7-20(8-6-12)16-19-10-15(21-16)13-3-2-4-14(17)9-13/h2-4,9-10,12H,1,5-8,18H2. The van der Waals surface area contributed by atoms with E-state index >= 15 is 0 Å². The van der Waals surface area contributed by atoms with Gasteiger partial charge >= 0.3 is 0 Å². The highest BCUT2D eigenvalue weighted by Gasteiger charge is 2.22. The zero-order chi connectivity index (χ0) is 14.8. The molecule has 1 aromatic heterocycles. The van der Waals surface area contributed by atoms with Crippen LogP contribution in [0.2, 0.25) is 0 Å². The largest absolute Gasteiger partial charge is 0.402 e. The number of piperidine rings is 1. The Labute approximate surface area is 127 Å². The van der Waals surface area contributed by atoms with Gasteiger partial charge in [0.2, 0.25) is 0 Å². The Kier molecular flexibility index (Phi) is 3.92. The van der Waals surface area contributed by atoms with Crippen LogP contribution in [0.1, 0.15) is 12.8 Å². The molecule has 0 unspecified atom stereocenters.